The molecule has 0 aliphatic carbocycles. The van der Waals surface area contributed by atoms with Gasteiger partial charge in [-0.15, -0.1) is 0 Å². The molecule has 0 bridgehead atoms. The van der Waals surface area contributed by atoms with Crippen LogP contribution in [0.2, 0.25) is 0 Å². The molecule has 0 aromatic heterocycles. The number of hydrogen-bond donors (Lipinski definition) is 3. The van der Waals surface area contributed by atoms with Crippen molar-refractivity contribution in [3.63, 3.8) is 0 Å². The van der Waals surface area contributed by atoms with Crippen LogP contribution in [0.25, 0.3) is 0 Å². The van der Waals surface area contributed by atoms with Gasteiger partial charge >= 0.3 is 5.97 Å². The molecule has 2 amide bonds. The van der Waals surface area contributed by atoms with Crippen LogP contribution in [0, 0.1) is 29.1 Å². The highest BCUT2D eigenvalue weighted by Gasteiger charge is 2.27. The number of esters is 1. The van der Waals surface area contributed by atoms with Crippen molar-refractivity contribution in [1.29, 1.82) is 0 Å². The molecule has 0 radical (unpaired) electrons. The van der Waals surface area contributed by atoms with Gasteiger partial charge in [-0.2, -0.15) is 0 Å². The van der Waals surface area contributed by atoms with E-state index in [4.69, 9.17) is 0 Å². The number of carbonyl (C=O) groups is 3. The smallest absolute Gasteiger partial charge is 0.356 e. The second-order valence-corrected chi connectivity index (χ2v) is 4.56. The topological polar surface area (TPSA) is 96.5 Å². The van der Waals surface area contributed by atoms with Gasteiger partial charge in [-0.05, 0) is 6.08 Å². The summed E-state index contributed by atoms with van der Waals surface area (Å²) in [5.41, 5.74) is 2.50. The zero-order valence-corrected chi connectivity index (χ0v) is 12.0. The first-order valence-electron chi connectivity index (χ1n) is 6.45. The molecule has 0 spiro atoms. The van der Waals surface area contributed by atoms with Crippen molar-refractivity contribution in [3.05, 3.63) is 40.9 Å². The van der Waals surface area contributed by atoms with Crippen LogP contribution in [0.5, 0.6) is 0 Å². The number of hydrogen-bond acceptors (Lipinski definition) is 5. The molecule has 0 atom stereocenters. The molecule has 1 aliphatic heterocycles. The van der Waals surface area contributed by atoms with Crippen LogP contribution >= 0.6 is 0 Å². The van der Waals surface area contributed by atoms with Crippen LogP contribution in [0.1, 0.15) is 6.42 Å². The van der Waals surface area contributed by atoms with Crippen LogP contribution < -0.4 is 16.2 Å². The summed E-state index contributed by atoms with van der Waals surface area (Å²) in [6.45, 7) is -1.08. The molecule has 134 valence electrons. The van der Waals surface area contributed by atoms with Crippen molar-refractivity contribution in [1.82, 2.24) is 10.9 Å². The lowest BCUT2D eigenvalue weighted by atomic mass is 10.2. The Kier molecular flexibility index (Phi) is 5.20. The van der Waals surface area contributed by atoms with Crippen molar-refractivity contribution in [2.75, 3.05) is 11.9 Å². The minimum atomic E-state index is -2.38. The van der Waals surface area contributed by atoms with E-state index in [1.165, 1.54) is 5.32 Å². The van der Waals surface area contributed by atoms with Crippen LogP contribution in [0.4, 0.5) is 27.6 Å². The van der Waals surface area contributed by atoms with Crippen LogP contribution in [0.3, 0.4) is 0 Å². The van der Waals surface area contributed by atoms with Gasteiger partial charge in [0.1, 0.15) is 11.4 Å². The number of hydrazine groups is 1. The van der Waals surface area contributed by atoms with E-state index in [1.807, 2.05) is 0 Å². The second kappa shape index (κ2) is 7.15. The molecule has 0 saturated heterocycles. The molecule has 2 rings (SSSR count). The Labute approximate surface area is 135 Å². The highest BCUT2D eigenvalue weighted by atomic mass is 19.2. The molecule has 1 aliphatic rings. The van der Waals surface area contributed by atoms with Crippen molar-refractivity contribution >= 4 is 23.5 Å². The van der Waals surface area contributed by atoms with E-state index in [1.54, 1.807) is 0 Å². The monoisotopic (exact) mass is 365 g/mol. The summed E-state index contributed by atoms with van der Waals surface area (Å²) >= 11 is 0. The van der Waals surface area contributed by atoms with E-state index in [0.29, 0.717) is 0 Å². The quantitative estimate of drug-likeness (QED) is 0.317. The first-order chi connectivity index (χ1) is 11.7. The Hall–Kier alpha value is -3.18. The van der Waals surface area contributed by atoms with E-state index in [0.717, 1.165) is 6.08 Å². The summed E-state index contributed by atoms with van der Waals surface area (Å²) in [7, 11) is 0. The van der Waals surface area contributed by atoms with Crippen molar-refractivity contribution in [2.24, 2.45) is 0 Å². The first-order valence-corrected chi connectivity index (χ1v) is 6.45. The maximum absolute atomic E-state index is 13.4. The fourth-order valence-corrected chi connectivity index (χ4v) is 1.67. The van der Waals surface area contributed by atoms with E-state index in [9.17, 15) is 36.3 Å². The third-order valence-electron chi connectivity index (χ3n) is 2.86. The minimum absolute atomic E-state index is 0.131. The zero-order chi connectivity index (χ0) is 18.7. The molecular formula is C13H8F5N3O4. The van der Waals surface area contributed by atoms with Gasteiger partial charge in [0, 0.05) is 6.42 Å². The van der Waals surface area contributed by atoms with Gasteiger partial charge in [0.25, 0.3) is 5.91 Å². The van der Waals surface area contributed by atoms with E-state index < -0.39 is 59.2 Å². The lowest BCUT2D eigenvalue weighted by Gasteiger charge is -2.15. The Morgan fingerprint density at radius 2 is 1.56 bits per heavy atom. The predicted octanol–water partition coefficient (Wildman–Crippen LogP) is 0.772. The third-order valence-corrected chi connectivity index (χ3v) is 2.86. The fraction of sp³-hybridized carbons (Fsp3) is 0.154. The number of benzene rings is 1. The highest BCUT2D eigenvalue weighted by Crippen LogP contribution is 2.26. The molecule has 3 N–H and O–H groups in total. The van der Waals surface area contributed by atoms with Gasteiger partial charge < -0.3 is 10.1 Å². The average Bonchev–Trinajstić information content (AvgIpc) is 2.60. The lowest BCUT2D eigenvalue weighted by molar-refractivity contribution is -0.144. The molecule has 1 aromatic carbocycles. The van der Waals surface area contributed by atoms with Crippen molar-refractivity contribution < 1.29 is 41.1 Å². The van der Waals surface area contributed by atoms with E-state index in [-0.39, 0.29) is 12.1 Å². The number of amides is 2. The average molecular weight is 365 g/mol. The zero-order valence-electron chi connectivity index (χ0n) is 12.0. The van der Waals surface area contributed by atoms with Crippen LogP contribution in [-0.4, -0.2) is 24.4 Å². The molecule has 25 heavy (non-hydrogen) atoms. The van der Waals surface area contributed by atoms with Gasteiger partial charge in [-0.25, -0.2) is 26.7 Å². The number of ether oxygens (including phenoxy) is 1. The van der Waals surface area contributed by atoms with Gasteiger partial charge in [0.05, 0.1) is 0 Å². The number of rotatable bonds is 4. The SMILES string of the molecule is O=C1CC=C(C(=O)OCC(=O)Nc2c(F)c(F)c(F)c(F)c2F)NN1. The molecule has 0 saturated carbocycles. The molecule has 0 fully saturated rings. The summed E-state index contributed by atoms with van der Waals surface area (Å²) in [4.78, 5) is 33.9. The normalized spacial score (nSPS) is 13.5. The summed E-state index contributed by atoms with van der Waals surface area (Å²) < 4.78 is 70.1. The van der Waals surface area contributed by atoms with Crippen LogP contribution in [-0.2, 0) is 19.1 Å². The standard InChI is InChI=1S/C13H8F5N3O4/c14-7-8(15)10(17)12(11(18)9(7)16)19-6(23)3-25-13(24)4-1-2-5(22)21-20-4/h1,20H,2-3H2,(H,19,23)(H,21,22). The Bertz CT molecular complexity index is 767. The maximum Gasteiger partial charge on any atom is 0.356 e. The van der Waals surface area contributed by atoms with E-state index >= 15 is 0 Å². The Morgan fingerprint density at radius 3 is 2.08 bits per heavy atom. The van der Waals surface area contributed by atoms with Crippen molar-refractivity contribution in [3.8, 4) is 0 Å². The van der Waals surface area contributed by atoms with E-state index in [2.05, 4.69) is 15.6 Å². The van der Waals surface area contributed by atoms with Crippen LogP contribution in [0.15, 0.2) is 11.8 Å². The predicted molar refractivity (Wildman–Crippen MR) is 69.8 cm³/mol. The number of halogens is 5. The summed E-state index contributed by atoms with van der Waals surface area (Å²) in [6, 6.07) is 0. The first kappa shape index (κ1) is 18.2. The van der Waals surface area contributed by atoms with Gasteiger partial charge in [-0.3, -0.25) is 20.4 Å². The summed E-state index contributed by atoms with van der Waals surface area (Å²) in [5, 5.41) is 1.43. The summed E-state index contributed by atoms with van der Waals surface area (Å²) in [5.74, 6) is -14.2. The van der Waals surface area contributed by atoms with Gasteiger partial charge in [0.2, 0.25) is 11.7 Å². The lowest BCUT2D eigenvalue weighted by Crippen LogP contribution is -2.42. The summed E-state index contributed by atoms with van der Waals surface area (Å²) in [6.07, 6.45) is 1.03. The number of carbonyl (C=O) groups excluding carboxylic acids is 3. The number of anilines is 1. The number of nitrogens with one attached hydrogen (secondary N) is 3. The fourth-order valence-electron chi connectivity index (χ4n) is 1.67. The molecule has 0 unspecified atom stereocenters. The van der Waals surface area contributed by atoms with Gasteiger partial charge in [-0.1, -0.05) is 0 Å². The highest BCUT2D eigenvalue weighted by molar-refractivity contribution is 5.96. The van der Waals surface area contributed by atoms with Gasteiger partial charge in [0.15, 0.2) is 29.9 Å². The molecule has 7 nitrogen and oxygen atoms in total. The second-order valence-electron chi connectivity index (χ2n) is 4.56. The largest absolute Gasteiger partial charge is 0.451 e. The maximum atomic E-state index is 13.4. The Balaban J connectivity index is 2.02. The third kappa shape index (κ3) is 3.84. The van der Waals surface area contributed by atoms with Crippen molar-refractivity contribution in [2.45, 2.75) is 6.42 Å². The molecule has 1 heterocycles. The molecule has 1 aromatic rings. The molecule has 12 heteroatoms. The Morgan fingerprint density at radius 1 is 1.00 bits per heavy atom. The minimum Gasteiger partial charge on any atom is -0.451 e. The molecular weight excluding hydrogens is 357 g/mol.